The zero-order chi connectivity index (χ0) is 10.1. The van der Waals surface area contributed by atoms with Crippen LogP contribution in [0.1, 0.15) is 25.7 Å². The molecule has 0 unspecified atom stereocenters. The van der Waals surface area contributed by atoms with E-state index in [0.717, 1.165) is 0 Å². The van der Waals surface area contributed by atoms with E-state index in [9.17, 15) is 25.0 Å². The third-order valence-corrected chi connectivity index (χ3v) is 2.29. The Balaban J connectivity index is 2.87. The first kappa shape index (κ1) is 9.56. The average molecular weight is 188 g/mol. The highest BCUT2D eigenvalue weighted by Crippen LogP contribution is 2.29. The zero-order valence-electron chi connectivity index (χ0n) is 6.76. The number of ketones is 1. The van der Waals surface area contributed by atoms with Crippen molar-refractivity contribution in [2.75, 3.05) is 0 Å². The van der Waals surface area contributed by atoms with Crippen molar-refractivity contribution in [2.45, 2.75) is 31.3 Å². The second kappa shape index (κ2) is 3.08. The van der Waals surface area contributed by atoms with E-state index in [1.165, 1.54) is 0 Å². The first-order chi connectivity index (χ1) is 5.99. The molecule has 0 atom stereocenters. The van der Waals surface area contributed by atoms with Gasteiger partial charge in [-0.15, -0.1) is 0 Å². The summed E-state index contributed by atoms with van der Waals surface area (Å²) in [6, 6.07) is 0. The van der Waals surface area contributed by atoms with E-state index in [1.54, 1.807) is 0 Å². The van der Waals surface area contributed by atoms with Gasteiger partial charge in [0, 0.05) is 12.8 Å². The van der Waals surface area contributed by atoms with Gasteiger partial charge in [-0.2, -0.15) is 0 Å². The van der Waals surface area contributed by atoms with Crippen LogP contribution in [-0.2, 0) is 4.79 Å². The second-order valence-corrected chi connectivity index (χ2v) is 3.04. The Hall–Kier alpha value is -1.53. The fourth-order valence-electron chi connectivity index (χ4n) is 1.36. The van der Waals surface area contributed by atoms with E-state index >= 15 is 0 Å². The maximum Gasteiger partial charge on any atom is 0.459 e. The van der Waals surface area contributed by atoms with Crippen LogP contribution < -0.4 is 0 Å². The minimum atomic E-state index is -2.12. The van der Waals surface area contributed by atoms with Gasteiger partial charge >= 0.3 is 5.66 Å². The summed E-state index contributed by atoms with van der Waals surface area (Å²) in [4.78, 5) is 29.9. The Labute approximate surface area is 73.0 Å². The molecule has 0 aliphatic heterocycles. The summed E-state index contributed by atoms with van der Waals surface area (Å²) in [5, 5.41) is 21.0. The summed E-state index contributed by atoms with van der Waals surface area (Å²) in [5.41, 5.74) is -2.12. The lowest BCUT2D eigenvalue weighted by atomic mass is 9.89. The minimum absolute atomic E-state index is 0.0675. The topological polar surface area (TPSA) is 103 Å². The van der Waals surface area contributed by atoms with Gasteiger partial charge in [-0.1, -0.05) is 0 Å². The smallest absolute Gasteiger partial charge is 0.300 e. The van der Waals surface area contributed by atoms with Crippen LogP contribution in [0.2, 0.25) is 0 Å². The summed E-state index contributed by atoms with van der Waals surface area (Å²) < 4.78 is 0. The Morgan fingerprint density at radius 1 is 1.08 bits per heavy atom. The van der Waals surface area contributed by atoms with E-state index in [0.29, 0.717) is 0 Å². The molecule has 0 aromatic heterocycles. The summed E-state index contributed by atoms with van der Waals surface area (Å²) >= 11 is 0. The standard InChI is InChI=1S/C6H8N2O5/c9-5-1-3-6(4-2-5,7(10)11)8(12)13/h1-4H2. The van der Waals surface area contributed by atoms with Crippen LogP contribution in [0, 0.1) is 20.2 Å². The lowest BCUT2D eigenvalue weighted by molar-refractivity contribution is -0.799. The number of rotatable bonds is 2. The van der Waals surface area contributed by atoms with Crippen LogP contribution in [0.15, 0.2) is 0 Å². The van der Waals surface area contributed by atoms with Crippen molar-refractivity contribution >= 4 is 5.78 Å². The van der Waals surface area contributed by atoms with Gasteiger partial charge in [0.15, 0.2) is 0 Å². The number of nitrogens with zero attached hydrogens (tertiary/aromatic N) is 2. The summed E-state index contributed by atoms with van der Waals surface area (Å²) in [6.07, 6.45) is -0.707. The van der Waals surface area contributed by atoms with Crippen LogP contribution >= 0.6 is 0 Å². The number of Topliss-reactive ketones (excluding diaryl/α,β-unsaturated/α-hetero) is 1. The molecule has 0 heterocycles. The van der Waals surface area contributed by atoms with Crippen LogP contribution in [0.25, 0.3) is 0 Å². The summed E-state index contributed by atoms with van der Waals surface area (Å²) in [5.74, 6) is -0.140. The summed E-state index contributed by atoms with van der Waals surface area (Å²) in [7, 11) is 0. The molecule has 1 aliphatic carbocycles. The molecule has 0 saturated heterocycles. The van der Waals surface area contributed by atoms with E-state index in [1.807, 2.05) is 0 Å². The van der Waals surface area contributed by atoms with Crippen LogP contribution in [-0.4, -0.2) is 21.3 Å². The lowest BCUT2D eigenvalue weighted by Gasteiger charge is -2.20. The molecule has 1 fully saturated rings. The molecule has 1 saturated carbocycles. The van der Waals surface area contributed by atoms with Gasteiger partial charge in [-0.3, -0.25) is 25.0 Å². The van der Waals surface area contributed by atoms with E-state index in [-0.39, 0.29) is 31.5 Å². The molecule has 0 spiro atoms. The molecule has 0 aromatic rings. The number of carbonyl (C=O) groups is 1. The van der Waals surface area contributed by atoms with E-state index in [2.05, 4.69) is 0 Å². The predicted octanol–water partition coefficient (Wildman–Crippen LogP) is 0.379. The minimum Gasteiger partial charge on any atom is -0.300 e. The molecule has 0 N–H and O–H groups in total. The van der Waals surface area contributed by atoms with Gasteiger partial charge in [-0.05, 0) is 0 Å². The number of hydrogen-bond donors (Lipinski definition) is 0. The van der Waals surface area contributed by atoms with Crippen LogP contribution in [0.3, 0.4) is 0 Å². The van der Waals surface area contributed by atoms with Gasteiger partial charge in [0.1, 0.15) is 5.78 Å². The number of carbonyl (C=O) groups excluding carboxylic acids is 1. The third-order valence-electron chi connectivity index (χ3n) is 2.29. The zero-order valence-corrected chi connectivity index (χ0v) is 6.76. The molecule has 7 nitrogen and oxygen atoms in total. The first-order valence-corrected chi connectivity index (χ1v) is 3.80. The molecule has 0 aromatic carbocycles. The first-order valence-electron chi connectivity index (χ1n) is 3.80. The molecular formula is C6H8N2O5. The number of hydrogen-bond acceptors (Lipinski definition) is 5. The second-order valence-electron chi connectivity index (χ2n) is 3.04. The van der Waals surface area contributed by atoms with Crippen molar-refractivity contribution in [1.29, 1.82) is 0 Å². The molecule has 13 heavy (non-hydrogen) atoms. The SMILES string of the molecule is O=C1CCC([N+](=O)[O-])([N+](=O)[O-])CC1. The van der Waals surface area contributed by atoms with Crippen LogP contribution in [0.5, 0.6) is 0 Å². The quantitative estimate of drug-likeness (QED) is 0.354. The predicted molar refractivity (Wildman–Crippen MR) is 40.2 cm³/mol. The molecule has 1 rings (SSSR count). The molecule has 7 heteroatoms. The van der Waals surface area contributed by atoms with E-state index in [4.69, 9.17) is 0 Å². The largest absolute Gasteiger partial charge is 0.459 e. The van der Waals surface area contributed by atoms with Gasteiger partial charge < -0.3 is 0 Å². The highest BCUT2D eigenvalue weighted by molar-refractivity contribution is 5.79. The van der Waals surface area contributed by atoms with Gasteiger partial charge in [0.2, 0.25) is 0 Å². The fraction of sp³-hybridized carbons (Fsp3) is 0.833. The van der Waals surface area contributed by atoms with Crippen LogP contribution in [0.4, 0.5) is 0 Å². The molecular weight excluding hydrogens is 180 g/mol. The molecule has 1 aliphatic rings. The Kier molecular flexibility index (Phi) is 2.26. The van der Waals surface area contributed by atoms with Gasteiger partial charge in [0.05, 0.1) is 22.7 Å². The highest BCUT2D eigenvalue weighted by Gasteiger charge is 2.57. The average Bonchev–Trinajstić information content (AvgIpc) is 2.04. The Bertz CT molecular complexity index is 248. The Morgan fingerprint density at radius 3 is 1.77 bits per heavy atom. The fourth-order valence-corrected chi connectivity index (χ4v) is 1.36. The Morgan fingerprint density at radius 2 is 1.46 bits per heavy atom. The monoisotopic (exact) mass is 188 g/mol. The normalized spacial score (nSPS) is 21.1. The molecule has 0 radical (unpaired) electrons. The maximum atomic E-state index is 10.8. The molecule has 72 valence electrons. The van der Waals surface area contributed by atoms with Gasteiger partial charge in [-0.25, -0.2) is 0 Å². The highest BCUT2D eigenvalue weighted by atomic mass is 16.7. The van der Waals surface area contributed by atoms with Crippen molar-refractivity contribution in [3.63, 3.8) is 0 Å². The third kappa shape index (κ3) is 1.49. The molecule has 0 amide bonds. The lowest BCUT2D eigenvalue weighted by Crippen LogP contribution is -2.48. The van der Waals surface area contributed by atoms with Crippen molar-refractivity contribution < 1.29 is 14.6 Å². The van der Waals surface area contributed by atoms with Crippen molar-refractivity contribution in [1.82, 2.24) is 0 Å². The number of nitro groups is 2. The maximum absolute atomic E-state index is 10.8. The van der Waals surface area contributed by atoms with Crippen molar-refractivity contribution in [3.05, 3.63) is 20.2 Å². The van der Waals surface area contributed by atoms with Crippen molar-refractivity contribution in [2.24, 2.45) is 0 Å². The van der Waals surface area contributed by atoms with Gasteiger partial charge in [0.25, 0.3) is 0 Å². The van der Waals surface area contributed by atoms with Crippen molar-refractivity contribution in [3.8, 4) is 0 Å². The summed E-state index contributed by atoms with van der Waals surface area (Å²) in [6.45, 7) is 0. The molecule has 0 bridgehead atoms. The van der Waals surface area contributed by atoms with E-state index < -0.39 is 15.5 Å².